The largest absolute Gasteiger partial charge is 0.478 e. The highest BCUT2D eigenvalue weighted by atomic mass is 19.1. The van der Waals surface area contributed by atoms with Crippen molar-refractivity contribution in [1.29, 1.82) is 0 Å². The standard InChI is InChI=1S/C13H11FN2O2/c14-10-5-3-9(4-6-10)8-16-12-11(13(17)18)2-1-7-15-12/h1-7H,8H2,(H,15,16)(H,17,18). The molecule has 0 aliphatic rings. The number of anilines is 1. The summed E-state index contributed by atoms with van der Waals surface area (Å²) in [6, 6.07) is 9.01. The van der Waals surface area contributed by atoms with E-state index in [1.54, 1.807) is 18.2 Å². The number of pyridine rings is 1. The topological polar surface area (TPSA) is 62.2 Å². The Balaban J connectivity index is 2.10. The monoisotopic (exact) mass is 246 g/mol. The van der Waals surface area contributed by atoms with Crippen molar-refractivity contribution in [3.8, 4) is 0 Å². The van der Waals surface area contributed by atoms with Crippen molar-refractivity contribution >= 4 is 11.8 Å². The van der Waals surface area contributed by atoms with Crippen molar-refractivity contribution in [2.75, 3.05) is 5.32 Å². The van der Waals surface area contributed by atoms with E-state index < -0.39 is 5.97 Å². The summed E-state index contributed by atoms with van der Waals surface area (Å²) >= 11 is 0. The molecule has 0 aliphatic heterocycles. The lowest BCUT2D eigenvalue weighted by molar-refractivity contribution is 0.0697. The minimum absolute atomic E-state index is 0.111. The molecule has 0 unspecified atom stereocenters. The number of rotatable bonds is 4. The number of aromatic nitrogens is 1. The van der Waals surface area contributed by atoms with Crippen LogP contribution in [0.3, 0.4) is 0 Å². The summed E-state index contributed by atoms with van der Waals surface area (Å²) in [5.74, 6) is -1.04. The molecule has 1 aromatic carbocycles. The van der Waals surface area contributed by atoms with Crippen LogP contribution in [0.25, 0.3) is 0 Å². The first-order chi connectivity index (χ1) is 8.66. The fraction of sp³-hybridized carbons (Fsp3) is 0.0769. The summed E-state index contributed by atoms with van der Waals surface area (Å²) < 4.78 is 12.7. The third kappa shape index (κ3) is 2.82. The number of benzene rings is 1. The zero-order valence-corrected chi connectivity index (χ0v) is 9.43. The number of hydrogen-bond donors (Lipinski definition) is 2. The van der Waals surface area contributed by atoms with Crippen LogP contribution in [0.2, 0.25) is 0 Å². The van der Waals surface area contributed by atoms with E-state index in [1.165, 1.54) is 24.4 Å². The number of carboxylic acid groups (broad SMARTS) is 1. The first-order valence-electron chi connectivity index (χ1n) is 5.33. The van der Waals surface area contributed by atoms with Crippen LogP contribution in [0.1, 0.15) is 15.9 Å². The van der Waals surface area contributed by atoms with Crippen LogP contribution in [-0.2, 0) is 6.54 Å². The molecule has 0 bridgehead atoms. The van der Waals surface area contributed by atoms with E-state index in [9.17, 15) is 9.18 Å². The van der Waals surface area contributed by atoms with Gasteiger partial charge in [0.1, 0.15) is 17.2 Å². The van der Waals surface area contributed by atoms with E-state index in [0.29, 0.717) is 12.4 Å². The van der Waals surface area contributed by atoms with Gasteiger partial charge in [-0.25, -0.2) is 14.2 Å². The van der Waals surface area contributed by atoms with Crippen LogP contribution in [0.4, 0.5) is 10.2 Å². The third-order valence-electron chi connectivity index (χ3n) is 2.41. The van der Waals surface area contributed by atoms with Crippen molar-refractivity contribution in [1.82, 2.24) is 4.98 Å². The molecule has 0 amide bonds. The van der Waals surface area contributed by atoms with Gasteiger partial charge in [-0.2, -0.15) is 0 Å². The van der Waals surface area contributed by atoms with Crippen LogP contribution < -0.4 is 5.32 Å². The van der Waals surface area contributed by atoms with Gasteiger partial charge in [-0.15, -0.1) is 0 Å². The molecule has 2 aromatic rings. The van der Waals surface area contributed by atoms with Gasteiger partial charge in [0.15, 0.2) is 0 Å². The lowest BCUT2D eigenvalue weighted by atomic mass is 10.2. The van der Waals surface area contributed by atoms with Crippen molar-refractivity contribution in [3.63, 3.8) is 0 Å². The fourth-order valence-electron chi connectivity index (χ4n) is 1.51. The second kappa shape index (κ2) is 5.27. The van der Waals surface area contributed by atoms with Gasteiger partial charge in [0.2, 0.25) is 0 Å². The molecule has 0 aliphatic carbocycles. The number of carboxylic acids is 1. The lowest BCUT2D eigenvalue weighted by Crippen LogP contribution is -2.08. The zero-order valence-electron chi connectivity index (χ0n) is 9.43. The first-order valence-corrected chi connectivity index (χ1v) is 5.33. The molecule has 0 saturated carbocycles. The molecule has 1 heterocycles. The Kier molecular flexibility index (Phi) is 3.52. The van der Waals surface area contributed by atoms with E-state index in [0.717, 1.165) is 5.56 Å². The highest BCUT2D eigenvalue weighted by molar-refractivity contribution is 5.92. The van der Waals surface area contributed by atoms with Gasteiger partial charge in [-0.1, -0.05) is 12.1 Å². The number of halogens is 1. The summed E-state index contributed by atoms with van der Waals surface area (Å²) in [4.78, 5) is 14.9. The molecular formula is C13H11FN2O2. The zero-order chi connectivity index (χ0) is 13.0. The Hall–Kier alpha value is -2.43. The van der Waals surface area contributed by atoms with Crippen LogP contribution >= 0.6 is 0 Å². The van der Waals surface area contributed by atoms with Gasteiger partial charge >= 0.3 is 5.97 Å². The van der Waals surface area contributed by atoms with E-state index in [1.807, 2.05) is 0 Å². The average Bonchev–Trinajstić information content (AvgIpc) is 2.38. The summed E-state index contributed by atoms with van der Waals surface area (Å²) in [5, 5.41) is 11.9. The number of carbonyl (C=O) groups is 1. The van der Waals surface area contributed by atoms with E-state index in [2.05, 4.69) is 10.3 Å². The molecule has 1 aromatic heterocycles. The Bertz CT molecular complexity index is 555. The summed E-state index contributed by atoms with van der Waals surface area (Å²) in [5.41, 5.74) is 0.956. The first kappa shape index (κ1) is 12.0. The van der Waals surface area contributed by atoms with Crippen molar-refractivity contribution in [2.24, 2.45) is 0 Å². The van der Waals surface area contributed by atoms with Crippen molar-refractivity contribution in [2.45, 2.75) is 6.54 Å². The molecule has 5 heteroatoms. The molecule has 0 atom stereocenters. The molecular weight excluding hydrogens is 235 g/mol. The molecule has 18 heavy (non-hydrogen) atoms. The molecule has 2 N–H and O–H groups in total. The minimum atomic E-state index is -1.04. The second-order valence-electron chi connectivity index (χ2n) is 3.68. The molecule has 0 fully saturated rings. The van der Waals surface area contributed by atoms with Gasteiger partial charge in [-0.05, 0) is 29.8 Å². The van der Waals surface area contributed by atoms with Gasteiger partial charge in [0, 0.05) is 12.7 Å². The summed E-state index contributed by atoms with van der Waals surface area (Å²) in [7, 11) is 0. The second-order valence-corrected chi connectivity index (χ2v) is 3.68. The average molecular weight is 246 g/mol. The predicted molar refractivity (Wildman–Crippen MR) is 64.9 cm³/mol. The molecule has 0 radical (unpaired) electrons. The quantitative estimate of drug-likeness (QED) is 0.870. The van der Waals surface area contributed by atoms with Gasteiger partial charge in [0.05, 0.1) is 0 Å². The highest BCUT2D eigenvalue weighted by Crippen LogP contribution is 2.13. The van der Waals surface area contributed by atoms with E-state index >= 15 is 0 Å². The molecule has 92 valence electrons. The number of nitrogens with one attached hydrogen (secondary N) is 1. The Morgan fingerprint density at radius 1 is 1.28 bits per heavy atom. The maximum Gasteiger partial charge on any atom is 0.339 e. The van der Waals surface area contributed by atoms with E-state index in [-0.39, 0.29) is 11.4 Å². The lowest BCUT2D eigenvalue weighted by Gasteiger charge is -2.08. The fourth-order valence-corrected chi connectivity index (χ4v) is 1.51. The SMILES string of the molecule is O=C(O)c1cccnc1NCc1ccc(F)cc1. The van der Waals surface area contributed by atoms with Crippen LogP contribution in [0, 0.1) is 5.82 Å². The van der Waals surface area contributed by atoms with Crippen LogP contribution in [0.15, 0.2) is 42.6 Å². The smallest absolute Gasteiger partial charge is 0.339 e. The van der Waals surface area contributed by atoms with Crippen molar-refractivity contribution < 1.29 is 14.3 Å². The van der Waals surface area contributed by atoms with E-state index in [4.69, 9.17) is 5.11 Å². The van der Waals surface area contributed by atoms with Crippen molar-refractivity contribution in [3.05, 3.63) is 59.5 Å². The Labute approximate surface area is 103 Å². The molecule has 4 nitrogen and oxygen atoms in total. The van der Waals surface area contributed by atoms with Gasteiger partial charge in [-0.3, -0.25) is 0 Å². The number of hydrogen-bond acceptors (Lipinski definition) is 3. The number of nitrogens with zero attached hydrogens (tertiary/aromatic N) is 1. The van der Waals surface area contributed by atoms with Crippen LogP contribution in [-0.4, -0.2) is 16.1 Å². The van der Waals surface area contributed by atoms with Gasteiger partial charge in [0.25, 0.3) is 0 Å². The number of aromatic carboxylic acids is 1. The maximum absolute atomic E-state index is 12.7. The van der Waals surface area contributed by atoms with Crippen LogP contribution in [0.5, 0.6) is 0 Å². The highest BCUT2D eigenvalue weighted by Gasteiger charge is 2.09. The Morgan fingerprint density at radius 3 is 2.67 bits per heavy atom. The molecule has 0 saturated heterocycles. The minimum Gasteiger partial charge on any atom is -0.478 e. The summed E-state index contributed by atoms with van der Waals surface area (Å²) in [6.07, 6.45) is 1.51. The normalized spacial score (nSPS) is 10.1. The van der Waals surface area contributed by atoms with Gasteiger partial charge < -0.3 is 10.4 Å². The maximum atomic E-state index is 12.7. The summed E-state index contributed by atoms with van der Waals surface area (Å²) in [6.45, 7) is 0.386. The third-order valence-corrected chi connectivity index (χ3v) is 2.41. The predicted octanol–water partition coefficient (Wildman–Crippen LogP) is 2.53. The molecule has 2 rings (SSSR count). The molecule has 0 spiro atoms. The Morgan fingerprint density at radius 2 is 2.00 bits per heavy atom.